The minimum atomic E-state index is -0.688. The van der Waals surface area contributed by atoms with E-state index < -0.39 is 24.5 Å². The second kappa shape index (κ2) is 9.03. The van der Waals surface area contributed by atoms with Gasteiger partial charge >= 0.3 is 12.0 Å². The van der Waals surface area contributed by atoms with E-state index in [9.17, 15) is 18.8 Å². The van der Waals surface area contributed by atoms with E-state index in [1.807, 2.05) is 0 Å². The second-order valence-electron chi connectivity index (χ2n) is 6.06. The van der Waals surface area contributed by atoms with Crippen LogP contribution in [0.25, 0.3) is 6.08 Å². The van der Waals surface area contributed by atoms with Crippen LogP contribution in [0.2, 0.25) is 0 Å². The van der Waals surface area contributed by atoms with Crippen LogP contribution >= 0.6 is 22.6 Å². The molecule has 0 aromatic heterocycles. The molecule has 1 heterocycles. The minimum Gasteiger partial charge on any atom is -0.488 e. The number of methoxy groups -OCH3 is 1. The molecule has 3 rings (SSSR count). The summed E-state index contributed by atoms with van der Waals surface area (Å²) in [6, 6.07) is 10.6. The summed E-state index contributed by atoms with van der Waals surface area (Å²) in [6.07, 6.45) is 1.52. The second-order valence-corrected chi connectivity index (χ2v) is 7.22. The lowest BCUT2D eigenvalue weighted by Gasteiger charge is -2.09. The fourth-order valence-electron chi connectivity index (χ4n) is 2.54. The van der Waals surface area contributed by atoms with Crippen molar-refractivity contribution in [2.24, 2.45) is 0 Å². The highest BCUT2D eigenvalue weighted by Gasteiger charge is 2.35. The number of nitrogens with zero attached hydrogens (tertiary/aromatic N) is 1. The van der Waals surface area contributed by atoms with E-state index in [1.165, 1.54) is 25.3 Å². The van der Waals surface area contributed by atoms with Crippen LogP contribution in [-0.4, -0.2) is 36.5 Å². The third kappa shape index (κ3) is 5.11. The number of halogens is 2. The van der Waals surface area contributed by atoms with Crippen molar-refractivity contribution < 1.29 is 28.2 Å². The Morgan fingerprint density at radius 1 is 1.21 bits per heavy atom. The Labute approximate surface area is 179 Å². The first-order chi connectivity index (χ1) is 13.9. The molecule has 0 saturated carbocycles. The number of amides is 3. The van der Waals surface area contributed by atoms with Crippen molar-refractivity contribution in [2.45, 2.75) is 6.61 Å². The molecule has 9 heteroatoms. The Bertz CT molecular complexity index is 991. The van der Waals surface area contributed by atoms with Gasteiger partial charge in [0, 0.05) is 0 Å². The highest BCUT2D eigenvalue weighted by atomic mass is 127. The van der Waals surface area contributed by atoms with Crippen molar-refractivity contribution in [2.75, 3.05) is 13.7 Å². The van der Waals surface area contributed by atoms with Crippen LogP contribution < -0.4 is 10.1 Å². The average molecular weight is 510 g/mol. The smallest absolute Gasteiger partial charge is 0.329 e. The zero-order chi connectivity index (χ0) is 21.0. The summed E-state index contributed by atoms with van der Waals surface area (Å²) < 4.78 is 24.0. The van der Waals surface area contributed by atoms with Crippen LogP contribution in [0.1, 0.15) is 11.1 Å². The SMILES string of the molecule is COC(=O)CN1C(=O)N/C(=C/c2ccc(OCc3ccc(F)cc3)c(I)c2)C1=O. The summed E-state index contributed by atoms with van der Waals surface area (Å²) >= 11 is 2.10. The monoisotopic (exact) mass is 510 g/mol. The van der Waals surface area contributed by atoms with Gasteiger partial charge < -0.3 is 14.8 Å². The van der Waals surface area contributed by atoms with Gasteiger partial charge in [-0.15, -0.1) is 0 Å². The highest BCUT2D eigenvalue weighted by molar-refractivity contribution is 14.1. The number of hydrogen-bond acceptors (Lipinski definition) is 5. The maximum Gasteiger partial charge on any atom is 0.329 e. The van der Waals surface area contributed by atoms with Gasteiger partial charge in [0.05, 0.1) is 10.7 Å². The van der Waals surface area contributed by atoms with Crippen LogP contribution in [0.3, 0.4) is 0 Å². The molecule has 0 atom stereocenters. The van der Waals surface area contributed by atoms with Gasteiger partial charge in [0.25, 0.3) is 5.91 Å². The van der Waals surface area contributed by atoms with Gasteiger partial charge in [-0.3, -0.25) is 9.59 Å². The van der Waals surface area contributed by atoms with E-state index in [2.05, 4.69) is 32.6 Å². The van der Waals surface area contributed by atoms with E-state index in [0.29, 0.717) is 11.3 Å². The standard InChI is InChI=1S/C20H16FIN2O5/c1-28-18(25)10-24-19(26)16(23-20(24)27)9-13-4-7-17(15(22)8-13)29-11-12-2-5-14(21)6-3-12/h2-9H,10-11H2,1H3,(H,23,27)/b16-9+. The number of imide groups is 1. The molecule has 0 unspecified atom stereocenters. The molecule has 7 nitrogen and oxygen atoms in total. The molecule has 1 aliphatic rings. The number of hydrogen-bond donors (Lipinski definition) is 1. The Hall–Kier alpha value is -2.95. The lowest BCUT2D eigenvalue weighted by Crippen LogP contribution is -2.36. The molecule has 29 heavy (non-hydrogen) atoms. The number of carbonyl (C=O) groups excluding carboxylic acids is 3. The molecule has 2 aromatic rings. The minimum absolute atomic E-state index is 0.0645. The van der Waals surface area contributed by atoms with Gasteiger partial charge in [0.15, 0.2) is 0 Å². The van der Waals surface area contributed by atoms with Crippen LogP contribution in [0, 0.1) is 9.39 Å². The molecule has 150 valence electrons. The third-order valence-corrected chi connectivity index (χ3v) is 4.89. The topological polar surface area (TPSA) is 84.9 Å². The quantitative estimate of drug-likeness (QED) is 0.280. The van der Waals surface area contributed by atoms with Crippen LogP contribution in [0.5, 0.6) is 5.75 Å². The van der Waals surface area contributed by atoms with Crippen molar-refractivity contribution >= 4 is 46.6 Å². The van der Waals surface area contributed by atoms with E-state index in [0.717, 1.165) is 14.0 Å². The molecular weight excluding hydrogens is 494 g/mol. The van der Waals surface area contributed by atoms with Crippen molar-refractivity contribution in [3.05, 3.63) is 68.7 Å². The number of nitrogens with one attached hydrogen (secondary N) is 1. The van der Waals surface area contributed by atoms with Gasteiger partial charge in [-0.2, -0.15) is 0 Å². The molecule has 3 amide bonds. The Morgan fingerprint density at radius 3 is 2.59 bits per heavy atom. The number of urea groups is 1. The molecule has 0 aliphatic carbocycles. The lowest BCUT2D eigenvalue weighted by molar-refractivity contribution is -0.143. The number of rotatable bonds is 6. The van der Waals surface area contributed by atoms with Gasteiger partial charge in [-0.25, -0.2) is 14.1 Å². The fourth-order valence-corrected chi connectivity index (χ4v) is 3.24. The predicted molar refractivity (Wildman–Crippen MR) is 110 cm³/mol. The molecule has 1 N–H and O–H groups in total. The molecule has 0 radical (unpaired) electrons. The van der Waals surface area contributed by atoms with Crippen LogP contribution in [-0.2, 0) is 20.9 Å². The first-order valence-electron chi connectivity index (χ1n) is 8.45. The highest BCUT2D eigenvalue weighted by Crippen LogP contribution is 2.25. The first-order valence-corrected chi connectivity index (χ1v) is 9.53. The molecular formula is C20H16FIN2O5. The maximum absolute atomic E-state index is 13.0. The molecule has 0 bridgehead atoms. The van der Waals surface area contributed by atoms with Gasteiger partial charge in [-0.1, -0.05) is 18.2 Å². The van der Waals surface area contributed by atoms with Crippen molar-refractivity contribution in [1.29, 1.82) is 0 Å². The molecule has 0 spiro atoms. The van der Waals surface area contributed by atoms with E-state index in [1.54, 1.807) is 30.3 Å². The molecule has 1 aliphatic heterocycles. The summed E-state index contributed by atoms with van der Waals surface area (Å²) in [4.78, 5) is 36.3. The Morgan fingerprint density at radius 2 is 1.93 bits per heavy atom. The van der Waals surface area contributed by atoms with Crippen LogP contribution in [0.4, 0.5) is 9.18 Å². The number of carbonyl (C=O) groups is 3. The predicted octanol–water partition coefficient (Wildman–Crippen LogP) is 3.08. The zero-order valence-corrected chi connectivity index (χ0v) is 17.4. The van der Waals surface area contributed by atoms with Gasteiger partial charge in [-0.05, 0) is 64.1 Å². The molecule has 2 aromatic carbocycles. The maximum atomic E-state index is 13.0. The largest absolute Gasteiger partial charge is 0.488 e. The fraction of sp³-hybridized carbons (Fsp3) is 0.150. The summed E-state index contributed by atoms with van der Waals surface area (Å²) in [5.41, 5.74) is 1.57. The first kappa shape index (κ1) is 20.8. The Kier molecular flexibility index (Phi) is 6.47. The summed E-state index contributed by atoms with van der Waals surface area (Å²) in [7, 11) is 1.18. The van der Waals surface area contributed by atoms with Gasteiger partial charge in [0.1, 0.15) is 30.4 Å². The summed E-state index contributed by atoms with van der Waals surface area (Å²) in [5.74, 6) is -0.968. The Balaban J connectivity index is 1.69. The van der Waals surface area contributed by atoms with E-state index in [-0.39, 0.29) is 18.1 Å². The van der Waals surface area contributed by atoms with Crippen LogP contribution in [0.15, 0.2) is 48.2 Å². The lowest BCUT2D eigenvalue weighted by atomic mass is 10.2. The summed E-state index contributed by atoms with van der Waals surface area (Å²) in [5, 5.41) is 2.44. The molecule has 1 fully saturated rings. The number of benzene rings is 2. The normalized spacial score (nSPS) is 14.9. The van der Waals surface area contributed by atoms with Crippen molar-refractivity contribution in [3.63, 3.8) is 0 Å². The number of ether oxygens (including phenoxy) is 2. The third-order valence-electron chi connectivity index (χ3n) is 4.05. The van der Waals surface area contributed by atoms with E-state index in [4.69, 9.17) is 4.74 Å². The van der Waals surface area contributed by atoms with Gasteiger partial charge in [0.2, 0.25) is 0 Å². The van der Waals surface area contributed by atoms with E-state index >= 15 is 0 Å². The van der Waals surface area contributed by atoms with Crippen molar-refractivity contribution in [1.82, 2.24) is 10.2 Å². The zero-order valence-electron chi connectivity index (χ0n) is 15.3. The number of esters is 1. The molecule has 1 saturated heterocycles. The summed E-state index contributed by atoms with van der Waals surface area (Å²) in [6.45, 7) is -0.167. The van der Waals surface area contributed by atoms with Crippen molar-refractivity contribution in [3.8, 4) is 5.75 Å². The average Bonchev–Trinajstić information content (AvgIpc) is 2.96.